The Labute approximate surface area is 186 Å². The van der Waals surface area contributed by atoms with Crippen LogP contribution in [0.25, 0.3) is 0 Å². The van der Waals surface area contributed by atoms with Crippen molar-refractivity contribution in [2.75, 3.05) is 17.5 Å². The van der Waals surface area contributed by atoms with Crippen molar-refractivity contribution in [3.63, 3.8) is 0 Å². The molecule has 32 heavy (non-hydrogen) atoms. The van der Waals surface area contributed by atoms with Crippen LogP contribution in [0.3, 0.4) is 0 Å². The average molecular weight is 458 g/mol. The van der Waals surface area contributed by atoms with Crippen LogP contribution >= 0.6 is 11.6 Å². The van der Waals surface area contributed by atoms with Gasteiger partial charge in [-0.1, -0.05) is 35.9 Å². The molecule has 4 N–H and O–H groups in total. The number of nitrogens with one attached hydrogen (secondary N) is 4. The molecular weight excluding hydrogens is 442 g/mol. The molecule has 0 fully saturated rings. The van der Waals surface area contributed by atoms with Crippen LogP contribution in [0.2, 0.25) is 5.02 Å². The van der Waals surface area contributed by atoms with Crippen LogP contribution in [0.5, 0.6) is 5.75 Å². The Bertz CT molecular complexity index is 1130. The van der Waals surface area contributed by atoms with Gasteiger partial charge in [0, 0.05) is 10.6 Å². The number of hydrogen-bond donors (Lipinski definition) is 4. The highest BCUT2D eigenvalue weighted by atomic mass is 35.5. The third-order valence-electron chi connectivity index (χ3n) is 3.82. The summed E-state index contributed by atoms with van der Waals surface area (Å²) in [5.74, 6) is -1.33. The zero-order valence-corrected chi connectivity index (χ0v) is 17.0. The minimum Gasteiger partial charge on any atom is -0.484 e. The van der Waals surface area contributed by atoms with E-state index in [1.807, 2.05) is 0 Å². The molecule has 0 unspecified atom stereocenters. The summed E-state index contributed by atoms with van der Waals surface area (Å²) < 4.78 is 5.29. The molecule has 2 aromatic carbocycles. The fourth-order valence-electron chi connectivity index (χ4n) is 2.38. The normalized spacial score (nSPS) is 10.0. The number of amides is 2. The van der Waals surface area contributed by atoms with E-state index in [1.165, 1.54) is 12.1 Å². The van der Waals surface area contributed by atoms with E-state index in [-0.39, 0.29) is 23.8 Å². The van der Waals surface area contributed by atoms with Gasteiger partial charge in [-0.2, -0.15) is 0 Å². The van der Waals surface area contributed by atoms with Crippen LogP contribution in [0.1, 0.15) is 10.4 Å². The second kappa shape index (κ2) is 10.5. The molecule has 0 aliphatic rings. The van der Waals surface area contributed by atoms with Crippen LogP contribution in [-0.4, -0.2) is 33.3 Å². The van der Waals surface area contributed by atoms with Crippen LogP contribution in [0.15, 0.2) is 60.9 Å². The monoisotopic (exact) mass is 457 g/mol. The number of hydrogen-bond acceptors (Lipinski definition) is 9. The topological polar surface area (TPSA) is 160 Å². The number of nitrogens with zero attached hydrogens (tertiary/aromatic N) is 3. The summed E-state index contributed by atoms with van der Waals surface area (Å²) in [7, 11) is 0. The van der Waals surface area contributed by atoms with Gasteiger partial charge in [0.05, 0.1) is 4.92 Å². The smallest absolute Gasteiger partial charge is 0.356 e. The third kappa shape index (κ3) is 6.03. The average Bonchev–Trinajstić information content (AvgIpc) is 2.80. The molecule has 13 heteroatoms. The van der Waals surface area contributed by atoms with Crippen LogP contribution in [0, 0.1) is 10.1 Å². The van der Waals surface area contributed by atoms with Crippen molar-refractivity contribution in [2.24, 2.45) is 0 Å². The molecule has 0 aliphatic heterocycles. The van der Waals surface area contributed by atoms with Crippen molar-refractivity contribution in [3.8, 4) is 5.75 Å². The maximum absolute atomic E-state index is 12.2. The Hall–Kier alpha value is -4.45. The van der Waals surface area contributed by atoms with Gasteiger partial charge in [-0.15, -0.1) is 0 Å². The molecule has 12 nitrogen and oxygen atoms in total. The molecule has 1 aromatic heterocycles. The zero-order chi connectivity index (χ0) is 22.9. The summed E-state index contributed by atoms with van der Waals surface area (Å²) in [6.45, 7) is -0.337. The number of ether oxygens (including phenoxy) is 1. The molecule has 2 amide bonds. The van der Waals surface area contributed by atoms with Gasteiger partial charge in [-0.25, -0.2) is 9.97 Å². The summed E-state index contributed by atoms with van der Waals surface area (Å²) in [5.41, 5.74) is 8.89. The number of halogens is 1. The van der Waals surface area contributed by atoms with Gasteiger partial charge in [0.2, 0.25) is 11.6 Å². The standard InChI is InChI=1S/C19H16ClN7O5/c20-13-6-4-5-12(9-13)19(29)26-25-18-16(27(30)31)17(21-11-22-18)24-23-15(28)10-32-14-7-2-1-3-8-14/h1-9,11H,10H2,(H,23,28)(H,26,29)(H2,21,22,24,25). The highest BCUT2D eigenvalue weighted by molar-refractivity contribution is 6.30. The van der Waals surface area contributed by atoms with Crippen molar-refractivity contribution in [2.45, 2.75) is 0 Å². The number of anilines is 2. The first-order valence-electron chi connectivity index (χ1n) is 8.98. The quantitative estimate of drug-likeness (QED) is 0.279. The van der Waals surface area contributed by atoms with Crippen molar-refractivity contribution < 1.29 is 19.2 Å². The number of benzene rings is 2. The Morgan fingerprint density at radius 2 is 1.69 bits per heavy atom. The SMILES string of the molecule is O=C(COc1ccccc1)NNc1ncnc(NNC(=O)c2cccc(Cl)c2)c1[N+](=O)[O-]. The summed E-state index contributed by atoms with van der Waals surface area (Å²) >= 11 is 5.85. The fraction of sp³-hybridized carbons (Fsp3) is 0.0526. The third-order valence-corrected chi connectivity index (χ3v) is 4.05. The molecule has 0 bridgehead atoms. The summed E-state index contributed by atoms with van der Waals surface area (Å²) in [5, 5.41) is 11.9. The van der Waals surface area contributed by atoms with E-state index in [0.717, 1.165) is 6.33 Å². The number of para-hydroxylation sites is 1. The molecule has 3 aromatic rings. The van der Waals surface area contributed by atoms with Crippen molar-refractivity contribution in [1.29, 1.82) is 0 Å². The van der Waals surface area contributed by atoms with Gasteiger partial charge in [-0.05, 0) is 30.3 Å². The van der Waals surface area contributed by atoms with E-state index in [9.17, 15) is 19.7 Å². The molecule has 0 atom stereocenters. The van der Waals surface area contributed by atoms with Crippen molar-refractivity contribution in [3.05, 3.63) is 81.6 Å². The first-order valence-corrected chi connectivity index (χ1v) is 9.36. The van der Waals surface area contributed by atoms with E-state index in [4.69, 9.17) is 16.3 Å². The molecule has 0 aliphatic carbocycles. The van der Waals surface area contributed by atoms with Crippen LogP contribution in [0.4, 0.5) is 17.3 Å². The highest BCUT2D eigenvalue weighted by Crippen LogP contribution is 2.27. The van der Waals surface area contributed by atoms with E-state index < -0.39 is 22.4 Å². The minimum absolute atomic E-state index is 0.228. The Kier molecular flexibility index (Phi) is 7.33. The van der Waals surface area contributed by atoms with Gasteiger partial charge < -0.3 is 4.74 Å². The maximum atomic E-state index is 12.2. The lowest BCUT2D eigenvalue weighted by atomic mass is 10.2. The number of aromatic nitrogens is 2. The lowest BCUT2D eigenvalue weighted by molar-refractivity contribution is -0.383. The zero-order valence-electron chi connectivity index (χ0n) is 16.2. The molecule has 3 rings (SSSR count). The number of carbonyl (C=O) groups excluding carboxylic acids is 2. The highest BCUT2D eigenvalue weighted by Gasteiger charge is 2.24. The minimum atomic E-state index is -0.775. The van der Waals surface area contributed by atoms with E-state index >= 15 is 0 Å². The van der Waals surface area contributed by atoms with E-state index in [1.54, 1.807) is 42.5 Å². The molecule has 164 valence electrons. The lowest BCUT2D eigenvalue weighted by Gasteiger charge is -2.12. The number of hydrazine groups is 2. The second-order valence-corrected chi connectivity index (χ2v) is 6.48. The molecule has 0 saturated carbocycles. The van der Waals surface area contributed by atoms with Gasteiger partial charge in [-0.3, -0.25) is 41.4 Å². The predicted molar refractivity (Wildman–Crippen MR) is 115 cm³/mol. The van der Waals surface area contributed by atoms with Crippen LogP contribution in [-0.2, 0) is 4.79 Å². The second-order valence-electron chi connectivity index (χ2n) is 6.04. The van der Waals surface area contributed by atoms with Gasteiger partial charge in [0.25, 0.3) is 11.8 Å². The number of nitro groups is 1. The summed E-state index contributed by atoms with van der Waals surface area (Å²) in [6, 6.07) is 14.7. The van der Waals surface area contributed by atoms with E-state index in [2.05, 4.69) is 31.7 Å². The molecule has 0 saturated heterocycles. The predicted octanol–water partition coefficient (Wildman–Crippen LogP) is 2.32. The Morgan fingerprint density at radius 1 is 1.00 bits per heavy atom. The van der Waals surface area contributed by atoms with Crippen molar-refractivity contribution in [1.82, 2.24) is 20.8 Å². The van der Waals surface area contributed by atoms with Gasteiger partial charge in [0.15, 0.2) is 6.61 Å². The van der Waals surface area contributed by atoms with E-state index in [0.29, 0.717) is 10.8 Å². The van der Waals surface area contributed by atoms with Crippen LogP contribution < -0.4 is 26.4 Å². The first-order chi connectivity index (χ1) is 15.4. The lowest BCUT2D eigenvalue weighted by Crippen LogP contribution is -2.34. The fourth-order valence-corrected chi connectivity index (χ4v) is 2.57. The Morgan fingerprint density at radius 3 is 2.34 bits per heavy atom. The summed E-state index contributed by atoms with van der Waals surface area (Å²) in [4.78, 5) is 42.5. The number of rotatable bonds is 9. The first kappa shape index (κ1) is 22.2. The van der Waals surface area contributed by atoms with Crippen molar-refractivity contribution >= 4 is 40.7 Å². The molecule has 0 radical (unpaired) electrons. The molecule has 0 spiro atoms. The largest absolute Gasteiger partial charge is 0.484 e. The number of carbonyl (C=O) groups is 2. The summed E-state index contributed by atoms with van der Waals surface area (Å²) in [6.07, 6.45) is 1.01. The maximum Gasteiger partial charge on any atom is 0.356 e. The molecular formula is C19H16ClN7O5. The van der Waals surface area contributed by atoms with Gasteiger partial charge >= 0.3 is 5.69 Å². The Balaban J connectivity index is 1.63. The van der Waals surface area contributed by atoms with Gasteiger partial charge in [0.1, 0.15) is 12.1 Å². The molecule has 1 heterocycles.